The highest BCUT2D eigenvalue weighted by molar-refractivity contribution is 7.13. The Labute approximate surface area is 166 Å². The zero-order chi connectivity index (χ0) is 19.9. The van der Waals surface area contributed by atoms with Crippen LogP contribution in [-0.2, 0) is 0 Å². The maximum Gasteiger partial charge on any atom is 0.343 e. The highest BCUT2D eigenvalue weighted by Crippen LogP contribution is 2.28. The van der Waals surface area contributed by atoms with Gasteiger partial charge in [0.15, 0.2) is 11.5 Å². The lowest BCUT2D eigenvalue weighted by Crippen LogP contribution is -2.09. The zero-order valence-corrected chi connectivity index (χ0v) is 16.4. The molecule has 0 bridgehead atoms. The summed E-state index contributed by atoms with van der Waals surface area (Å²) in [7, 11) is 3.05. The molecule has 0 spiro atoms. The first-order valence-corrected chi connectivity index (χ1v) is 9.22. The Bertz CT molecular complexity index is 1000. The lowest BCUT2D eigenvalue weighted by molar-refractivity contribution is 0.0729. The summed E-state index contributed by atoms with van der Waals surface area (Å²) in [6.45, 7) is 1.92. The molecule has 3 rings (SSSR count). The van der Waals surface area contributed by atoms with Gasteiger partial charge in [0.25, 0.3) is 0 Å². The van der Waals surface area contributed by atoms with E-state index in [1.807, 2.05) is 12.3 Å². The Balaban J connectivity index is 1.70. The molecule has 0 saturated heterocycles. The molecule has 0 radical (unpaired) electrons. The molecule has 0 aliphatic rings. The van der Waals surface area contributed by atoms with Crippen molar-refractivity contribution >= 4 is 28.7 Å². The van der Waals surface area contributed by atoms with Gasteiger partial charge in [-0.2, -0.15) is 5.10 Å². The monoisotopic (exact) mass is 397 g/mol. The van der Waals surface area contributed by atoms with Crippen LogP contribution in [0, 0.1) is 6.92 Å². The van der Waals surface area contributed by atoms with Gasteiger partial charge in [0, 0.05) is 5.38 Å². The first-order valence-electron chi connectivity index (χ1n) is 8.34. The van der Waals surface area contributed by atoms with Crippen LogP contribution in [0.3, 0.4) is 0 Å². The van der Waals surface area contributed by atoms with Crippen LogP contribution in [0.5, 0.6) is 17.2 Å². The minimum Gasteiger partial charge on any atom is -0.497 e. The molecule has 144 valence electrons. The number of nitrogens with zero attached hydrogens (tertiary/aromatic N) is 2. The minimum absolute atomic E-state index is 0.316. The van der Waals surface area contributed by atoms with Gasteiger partial charge in [-0.3, -0.25) is 5.43 Å². The predicted molar refractivity (Wildman–Crippen MR) is 109 cm³/mol. The molecular weight excluding hydrogens is 378 g/mol. The smallest absolute Gasteiger partial charge is 0.343 e. The Hall–Kier alpha value is -3.39. The summed E-state index contributed by atoms with van der Waals surface area (Å²) in [6.07, 6.45) is 1.63. The lowest BCUT2D eigenvalue weighted by atomic mass is 10.2. The molecule has 1 aromatic heterocycles. The number of nitrogens with one attached hydrogen (secondary N) is 1. The third-order valence-corrected chi connectivity index (χ3v) is 4.55. The highest BCUT2D eigenvalue weighted by Gasteiger charge is 2.13. The van der Waals surface area contributed by atoms with E-state index in [0.717, 1.165) is 11.3 Å². The third-order valence-electron chi connectivity index (χ3n) is 3.69. The summed E-state index contributed by atoms with van der Waals surface area (Å²) in [6, 6.07) is 11.9. The van der Waals surface area contributed by atoms with E-state index in [0.29, 0.717) is 27.9 Å². The largest absolute Gasteiger partial charge is 0.497 e. The van der Waals surface area contributed by atoms with E-state index in [9.17, 15) is 4.79 Å². The second kappa shape index (κ2) is 9.01. The fraction of sp³-hybridized carbons (Fsp3) is 0.150. The van der Waals surface area contributed by atoms with Crippen LogP contribution in [0.4, 0.5) is 5.13 Å². The molecule has 3 aromatic rings. The number of rotatable bonds is 7. The van der Waals surface area contributed by atoms with Gasteiger partial charge in [0.1, 0.15) is 5.75 Å². The van der Waals surface area contributed by atoms with E-state index in [-0.39, 0.29) is 0 Å². The van der Waals surface area contributed by atoms with E-state index in [2.05, 4.69) is 15.5 Å². The standard InChI is InChI=1S/C20H19N3O4S/c1-13-12-28-20(22-13)23-21-11-14-7-8-17(18(9-14)26-3)27-19(24)15-5-4-6-16(10-15)25-2/h4-12H,1-3H3,(H,22,23)/b21-11-. The number of ether oxygens (including phenoxy) is 3. The van der Waals surface area contributed by atoms with Gasteiger partial charge in [0.05, 0.1) is 31.7 Å². The average Bonchev–Trinajstić information content (AvgIpc) is 3.14. The van der Waals surface area contributed by atoms with E-state index in [1.165, 1.54) is 25.6 Å². The van der Waals surface area contributed by atoms with Crippen molar-refractivity contribution in [2.75, 3.05) is 19.6 Å². The van der Waals surface area contributed by atoms with Crippen molar-refractivity contribution in [1.29, 1.82) is 0 Å². The summed E-state index contributed by atoms with van der Waals surface area (Å²) in [4.78, 5) is 16.7. The Morgan fingerprint density at radius 3 is 2.71 bits per heavy atom. The second-order valence-electron chi connectivity index (χ2n) is 5.70. The number of esters is 1. The van der Waals surface area contributed by atoms with Crippen molar-refractivity contribution in [3.63, 3.8) is 0 Å². The Morgan fingerprint density at radius 1 is 1.14 bits per heavy atom. The van der Waals surface area contributed by atoms with Crippen molar-refractivity contribution in [2.24, 2.45) is 5.10 Å². The molecule has 1 N–H and O–H groups in total. The van der Waals surface area contributed by atoms with Crippen molar-refractivity contribution in [2.45, 2.75) is 6.92 Å². The number of benzene rings is 2. The highest BCUT2D eigenvalue weighted by atomic mass is 32.1. The summed E-state index contributed by atoms with van der Waals surface area (Å²) in [5, 5.41) is 6.80. The number of hydrazone groups is 1. The van der Waals surface area contributed by atoms with E-state index in [1.54, 1.807) is 48.7 Å². The summed E-state index contributed by atoms with van der Waals surface area (Å²) < 4.78 is 15.9. The Kier molecular flexibility index (Phi) is 6.23. The third kappa shape index (κ3) is 4.86. The molecular formula is C20H19N3O4S. The number of hydrogen-bond acceptors (Lipinski definition) is 8. The number of aromatic nitrogens is 1. The van der Waals surface area contributed by atoms with Crippen molar-refractivity contribution in [1.82, 2.24) is 4.98 Å². The Morgan fingerprint density at radius 2 is 2.00 bits per heavy atom. The molecule has 2 aromatic carbocycles. The average molecular weight is 397 g/mol. The van der Waals surface area contributed by atoms with Crippen molar-refractivity contribution in [3.05, 3.63) is 64.7 Å². The van der Waals surface area contributed by atoms with E-state index in [4.69, 9.17) is 14.2 Å². The maximum atomic E-state index is 12.4. The van der Waals surface area contributed by atoms with Gasteiger partial charge >= 0.3 is 5.97 Å². The van der Waals surface area contributed by atoms with Crippen LogP contribution < -0.4 is 19.6 Å². The number of anilines is 1. The number of aryl methyl sites for hydroxylation is 1. The van der Waals surface area contributed by atoms with Crippen LogP contribution in [0.25, 0.3) is 0 Å². The molecule has 28 heavy (non-hydrogen) atoms. The number of hydrogen-bond donors (Lipinski definition) is 1. The van der Waals surface area contributed by atoms with Gasteiger partial charge in [-0.25, -0.2) is 9.78 Å². The molecule has 0 aliphatic carbocycles. The number of methoxy groups -OCH3 is 2. The topological polar surface area (TPSA) is 82.0 Å². The van der Waals surface area contributed by atoms with Gasteiger partial charge in [-0.15, -0.1) is 11.3 Å². The van der Waals surface area contributed by atoms with Crippen LogP contribution >= 0.6 is 11.3 Å². The fourth-order valence-corrected chi connectivity index (χ4v) is 2.96. The van der Waals surface area contributed by atoms with Crippen LogP contribution in [0.2, 0.25) is 0 Å². The molecule has 1 heterocycles. The number of thiazole rings is 1. The van der Waals surface area contributed by atoms with Crippen LogP contribution in [0.15, 0.2) is 52.9 Å². The minimum atomic E-state index is -0.501. The van der Waals surface area contributed by atoms with Gasteiger partial charge < -0.3 is 14.2 Å². The number of carbonyl (C=O) groups excluding carboxylic acids is 1. The summed E-state index contributed by atoms with van der Waals surface area (Å²) in [5.41, 5.74) is 4.97. The van der Waals surface area contributed by atoms with Crippen molar-refractivity contribution in [3.8, 4) is 17.2 Å². The quantitative estimate of drug-likeness (QED) is 0.279. The second-order valence-corrected chi connectivity index (χ2v) is 6.55. The first-order chi connectivity index (χ1) is 13.6. The molecule has 0 saturated carbocycles. The molecule has 0 amide bonds. The van der Waals surface area contributed by atoms with Crippen molar-refractivity contribution < 1.29 is 19.0 Å². The molecule has 0 aliphatic heterocycles. The molecule has 8 heteroatoms. The van der Waals surface area contributed by atoms with Gasteiger partial charge in [-0.05, 0) is 48.9 Å². The molecule has 7 nitrogen and oxygen atoms in total. The normalized spacial score (nSPS) is 10.7. The molecule has 0 fully saturated rings. The first kappa shape index (κ1) is 19.4. The lowest BCUT2D eigenvalue weighted by Gasteiger charge is -2.10. The van der Waals surface area contributed by atoms with Gasteiger partial charge in [-0.1, -0.05) is 6.07 Å². The van der Waals surface area contributed by atoms with E-state index < -0.39 is 5.97 Å². The summed E-state index contributed by atoms with van der Waals surface area (Å²) in [5.74, 6) is 0.816. The van der Waals surface area contributed by atoms with Gasteiger partial charge in [0.2, 0.25) is 5.13 Å². The zero-order valence-electron chi connectivity index (χ0n) is 15.6. The predicted octanol–water partition coefficient (Wildman–Crippen LogP) is 4.13. The van der Waals surface area contributed by atoms with Crippen LogP contribution in [-0.4, -0.2) is 31.4 Å². The summed E-state index contributed by atoms with van der Waals surface area (Å²) >= 11 is 1.48. The fourth-order valence-electron chi connectivity index (χ4n) is 2.32. The molecule has 0 unspecified atom stereocenters. The maximum absolute atomic E-state index is 12.4. The van der Waals surface area contributed by atoms with E-state index >= 15 is 0 Å². The SMILES string of the molecule is COc1cccc(C(=O)Oc2ccc(/C=N\Nc3nc(C)cs3)cc2OC)c1. The van der Waals surface area contributed by atoms with Crippen LogP contribution in [0.1, 0.15) is 21.6 Å². The molecule has 0 atom stereocenters. The number of carbonyl (C=O) groups is 1.